The van der Waals surface area contributed by atoms with Gasteiger partial charge >= 0.3 is 6.03 Å². The second kappa shape index (κ2) is 11.9. The third-order valence-electron chi connectivity index (χ3n) is 7.37. The summed E-state index contributed by atoms with van der Waals surface area (Å²) in [5.41, 5.74) is 0.491. The van der Waals surface area contributed by atoms with Crippen LogP contribution in [0.2, 0.25) is 0 Å². The molecule has 0 radical (unpaired) electrons. The molecule has 2 aromatic rings. The normalized spacial score (nSPS) is 21.1. The number of non-ortho nitro benzene ring substituents is 1. The Morgan fingerprint density at radius 2 is 1.90 bits per heavy atom. The van der Waals surface area contributed by atoms with Gasteiger partial charge in [-0.25, -0.2) is 14.8 Å². The molecule has 4 rings (SSSR count). The highest BCUT2D eigenvalue weighted by Crippen LogP contribution is 2.41. The second-order valence-electron chi connectivity index (χ2n) is 9.63. The molecule has 210 valence electrons. The lowest BCUT2D eigenvalue weighted by molar-refractivity contribution is -0.384. The third-order valence-corrected chi connectivity index (χ3v) is 7.37. The Balaban J connectivity index is 1.77. The van der Waals surface area contributed by atoms with E-state index in [9.17, 15) is 24.8 Å². The standard InChI is InChI=1S/C26H36N8O5/c1-4-14-31-24(36)23-26(5-2,32(25(31)37)15-12-19-7-9-21(10-8-19)34(38)39)28-22(18-20-11-13-27-29-20)33(23)30(6-3)16-17-35/h7-11,13,23,35H,4-6,12,14-18H2,1-3H3,(H,27,29). The smallest absolute Gasteiger partial charge is 0.328 e. The van der Waals surface area contributed by atoms with E-state index in [1.54, 1.807) is 23.2 Å². The summed E-state index contributed by atoms with van der Waals surface area (Å²) in [5, 5.41) is 31.7. The Hall–Kier alpha value is -3.84. The highest BCUT2D eigenvalue weighted by molar-refractivity contribution is 6.05. The molecule has 1 aromatic heterocycles. The lowest BCUT2D eigenvalue weighted by Crippen LogP contribution is -2.74. The number of aliphatic hydroxyl groups is 1. The van der Waals surface area contributed by atoms with Crippen LogP contribution in [-0.4, -0.2) is 102 Å². The van der Waals surface area contributed by atoms with E-state index in [2.05, 4.69) is 10.2 Å². The number of H-pyrrole nitrogens is 1. The van der Waals surface area contributed by atoms with E-state index in [0.717, 1.165) is 11.3 Å². The van der Waals surface area contributed by atoms with Crippen molar-refractivity contribution in [1.29, 1.82) is 0 Å². The number of fused-ring (bicyclic) bond motifs is 1. The highest BCUT2D eigenvalue weighted by atomic mass is 16.6. The Labute approximate surface area is 227 Å². The van der Waals surface area contributed by atoms with Gasteiger partial charge in [-0.3, -0.25) is 34.8 Å². The molecule has 1 saturated heterocycles. The van der Waals surface area contributed by atoms with Crippen LogP contribution in [0.25, 0.3) is 0 Å². The number of aromatic amines is 1. The number of nitro groups is 1. The number of amidine groups is 1. The number of likely N-dealkylation sites (N-methyl/N-ethyl adjacent to an activating group) is 1. The number of amides is 3. The first-order valence-corrected chi connectivity index (χ1v) is 13.4. The number of urea groups is 1. The van der Waals surface area contributed by atoms with Crippen molar-refractivity contribution in [3.05, 3.63) is 57.9 Å². The van der Waals surface area contributed by atoms with Crippen LogP contribution in [0, 0.1) is 10.1 Å². The predicted octanol–water partition coefficient (Wildman–Crippen LogP) is 2.20. The topological polar surface area (TPSA) is 152 Å². The fraction of sp³-hybridized carbons (Fsp3) is 0.538. The number of rotatable bonds is 13. The number of hydrazine groups is 1. The van der Waals surface area contributed by atoms with Crippen molar-refractivity contribution in [2.24, 2.45) is 4.99 Å². The molecule has 0 aliphatic carbocycles. The van der Waals surface area contributed by atoms with E-state index in [1.807, 2.05) is 36.9 Å². The number of hydrogen-bond acceptors (Lipinski definition) is 9. The number of aromatic nitrogens is 2. The van der Waals surface area contributed by atoms with E-state index in [4.69, 9.17) is 4.99 Å². The number of hydrogen-bond donors (Lipinski definition) is 2. The van der Waals surface area contributed by atoms with Gasteiger partial charge in [0.15, 0.2) is 11.7 Å². The molecule has 13 nitrogen and oxygen atoms in total. The van der Waals surface area contributed by atoms with Crippen molar-refractivity contribution in [3.8, 4) is 0 Å². The molecule has 0 saturated carbocycles. The van der Waals surface area contributed by atoms with Crippen LogP contribution in [0.1, 0.15) is 44.9 Å². The van der Waals surface area contributed by atoms with Gasteiger partial charge in [0.05, 0.1) is 11.5 Å². The summed E-state index contributed by atoms with van der Waals surface area (Å²) in [6.45, 7) is 7.05. The number of nitrogens with one attached hydrogen (secondary N) is 1. The van der Waals surface area contributed by atoms with Crippen LogP contribution in [0.15, 0.2) is 41.5 Å². The van der Waals surface area contributed by atoms with Gasteiger partial charge in [-0.05, 0) is 30.9 Å². The molecule has 0 spiro atoms. The number of aliphatic imine (C=N–C) groups is 1. The molecule has 2 aliphatic rings. The lowest BCUT2D eigenvalue weighted by Gasteiger charge is -2.51. The fourth-order valence-electron chi connectivity index (χ4n) is 5.49. The summed E-state index contributed by atoms with van der Waals surface area (Å²) in [6, 6.07) is 6.92. The van der Waals surface area contributed by atoms with E-state index in [-0.39, 0.29) is 31.3 Å². The summed E-state index contributed by atoms with van der Waals surface area (Å²) in [4.78, 5) is 46.7. The van der Waals surface area contributed by atoms with Gasteiger partial charge in [0, 0.05) is 56.6 Å². The van der Waals surface area contributed by atoms with E-state index >= 15 is 0 Å². The molecule has 2 unspecified atom stereocenters. The van der Waals surface area contributed by atoms with E-state index in [1.165, 1.54) is 17.0 Å². The third kappa shape index (κ3) is 5.23. The lowest BCUT2D eigenvalue weighted by atomic mass is 9.91. The summed E-state index contributed by atoms with van der Waals surface area (Å²) in [7, 11) is 0. The van der Waals surface area contributed by atoms with Crippen molar-refractivity contribution in [1.82, 2.24) is 30.0 Å². The molecule has 1 fully saturated rings. The largest absolute Gasteiger partial charge is 0.395 e. The molecule has 3 amide bonds. The minimum absolute atomic E-state index is 0.000586. The molecule has 1 aromatic carbocycles. The van der Waals surface area contributed by atoms with Gasteiger partial charge in [-0.15, -0.1) is 0 Å². The van der Waals surface area contributed by atoms with Crippen LogP contribution in [0.3, 0.4) is 0 Å². The highest BCUT2D eigenvalue weighted by Gasteiger charge is 2.62. The number of nitrogens with zero attached hydrogens (tertiary/aromatic N) is 7. The SMILES string of the molecule is CCCN1C(=O)C2N(N(CC)CCO)C(Cc3ccn[nH]3)=NC2(CC)N(CCc2ccc([N+](=O)[O-])cc2)C1=O. The number of carbonyl (C=O) groups is 2. The summed E-state index contributed by atoms with van der Waals surface area (Å²) >= 11 is 0. The first-order valence-electron chi connectivity index (χ1n) is 13.4. The van der Waals surface area contributed by atoms with Gasteiger partial charge in [-0.2, -0.15) is 5.10 Å². The molecule has 39 heavy (non-hydrogen) atoms. The van der Waals surface area contributed by atoms with Crippen molar-refractivity contribution in [2.75, 3.05) is 32.8 Å². The second-order valence-corrected chi connectivity index (χ2v) is 9.63. The zero-order chi connectivity index (χ0) is 28.2. The first-order chi connectivity index (χ1) is 18.8. The quantitative estimate of drug-likeness (QED) is 0.290. The zero-order valence-electron chi connectivity index (χ0n) is 22.6. The van der Waals surface area contributed by atoms with Gasteiger partial charge in [0.1, 0.15) is 5.84 Å². The molecule has 3 heterocycles. The number of aliphatic hydroxyl groups excluding tert-OH is 1. The van der Waals surface area contributed by atoms with Gasteiger partial charge in [0.2, 0.25) is 0 Å². The molecule has 0 bridgehead atoms. The van der Waals surface area contributed by atoms with Crippen molar-refractivity contribution < 1.29 is 19.6 Å². The zero-order valence-corrected chi connectivity index (χ0v) is 22.6. The van der Waals surface area contributed by atoms with Gasteiger partial charge < -0.3 is 5.11 Å². The van der Waals surface area contributed by atoms with Crippen molar-refractivity contribution in [2.45, 2.75) is 58.2 Å². The van der Waals surface area contributed by atoms with Gasteiger partial charge in [-0.1, -0.05) is 32.9 Å². The van der Waals surface area contributed by atoms with Crippen LogP contribution >= 0.6 is 0 Å². The van der Waals surface area contributed by atoms with E-state index < -0.39 is 22.7 Å². The van der Waals surface area contributed by atoms with Crippen LogP contribution in [0.4, 0.5) is 10.5 Å². The summed E-state index contributed by atoms with van der Waals surface area (Å²) in [6.07, 6.45) is 3.46. The van der Waals surface area contributed by atoms with Crippen molar-refractivity contribution in [3.63, 3.8) is 0 Å². The Morgan fingerprint density at radius 1 is 1.15 bits per heavy atom. The number of imide groups is 1. The first kappa shape index (κ1) is 28.2. The molecule has 2 atom stereocenters. The van der Waals surface area contributed by atoms with Crippen LogP contribution in [0.5, 0.6) is 0 Å². The average molecular weight is 541 g/mol. The van der Waals surface area contributed by atoms with Crippen LogP contribution in [-0.2, 0) is 17.6 Å². The number of benzene rings is 1. The minimum atomic E-state index is -1.16. The maximum atomic E-state index is 14.1. The summed E-state index contributed by atoms with van der Waals surface area (Å²) in [5.74, 6) is 0.302. The molecular weight excluding hydrogens is 504 g/mol. The summed E-state index contributed by atoms with van der Waals surface area (Å²) < 4.78 is 0. The average Bonchev–Trinajstić information content (AvgIpc) is 3.56. The van der Waals surface area contributed by atoms with Crippen molar-refractivity contribution >= 4 is 23.5 Å². The Bertz CT molecular complexity index is 1200. The Kier molecular flexibility index (Phi) is 8.60. The number of nitro benzene ring substituents is 1. The monoisotopic (exact) mass is 540 g/mol. The predicted molar refractivity (Wildman–Crippen MR) is 144 cm³/mol. The molecule has 13 heteroatoms. The van der Waals surface area contributed by atoms with E-state index in [0.29, 0.717) is 44.6 Å². The fourth-order valence-corrected chi connectivity index (χ4v) is 5.49. The maximum Gasteiger partial charge on any atom is 0.328 e. The Morgan fingerprint density at radius 3 is 2.46 bits per heavy atom. The van der Waals surface area contributed by atoms with Crippen LogP contribution < -0.4 is 0 Å². The maximum absolute atomic E-state index is 14.1. The minimum Gasteiger partial charge on any atom is -0.395 e. The number of carbonyl (C=O) groups excluding carboxylic acids is 2. The molecular formula is C26H36N8O5. The molecule has 2 N–H and O–H groups in total. The van der Waals surface area contributed by atoms with Gasteiger partial charge in [0.25, 0.3) is 11.6 Å². The molecule has 2 aliphatic heterocycles.